The molecule has 0 bridgehead atoms. The molecular weight excluding hydrogens is 312 g/mol. The Morgan fingerprint density at radius 1 is 0.958 bits per heavy atom. The molecule has 0 heterocycles. The zero-order valence-corrected chi connectivity index (χ0v) is 13.0. The van der Waals surface area contributed by atoms with Gasteiger partial charge in [0.25, 0.3) is 11.8 Å². The van der Waals surface area contributed by atoms with Crippen LogP contribution in [0.1, 0.15) is 26.3 Å². The molecule has 2 rings (SSSR count). The Morgan fingerprint density at radius 3 is 2.04 bits per heavy atom. The maximum absolute atomic E-state index is 11.6. The Balaban J connectivity index is 2.48. The lowest BCUT2D eigenvalue weighted by Crippen LogP contribution is -2.21. The highest BCUT2D eigenvalue weighted by atomic mass is 16.5. The average Bonchev–Trinajstić information content (AvgIpc) is 2.65. The fourth-order valence-corrected chi connectivity index (χ4v) is 2.41. The van der Waals surface area contributed by atoms with Gasteiger partial charge in [0, 0.05) is 24.8 Å². The second-order valence-corrected chi connectivity index (χ2v) is 4.97. The van der Waals surface area contributed by atoms with Crippen molar-refractivity contribution >= 4 is 17.5 Å². The number of amides is 2. The molecule has 0 radical (unpaired) electrons. The largest absolute Gasteiger partial charge is 0.387 e. The van der Waals surface area contributed by atoms with E-state index in [9.17, 15) is 9.59 Å². The summed E-state index contributed by atoms with van der Waals surface area (Å²) in [7, 11) is 1.66. The number of benzene rings is 2. The first-order valence-electron chi connectivity index (χ1n) is 7.09. The van der Waals surface area contributed by atoms with Crippen molar-refractivity contribution in [2.75, 3.05) is 12.4 Å². The molecule has 2 aromatic rings. The number of nitrogens with one attached hydrogen (secondary N) is 3. The van der Waals surface area contributed by atoms with E-state index in [2.05, 4.69) is 5.32 Å². The highest BCUT2D eigenvalue weighted by Crippen LogP contribution is 2.27. The van der Waals surface area contributed by atoms with Crippen molar-refractivity contribution in [3.8, 4) is 11.1 Å². The topological polar surface area (TPSA) is 137 Å². The molecule has 7 N–H and O–H groups in total. The normalized spacial score (nSPS) is 10.2. The van der Waals surface area contributed by atoms with E-state index in [1.54, 1.807) is 54.4 Å². The van der Waals surface area contributed by atoms with Crippen molar-refractivity contribution in [3.05, 3.63) is 53.1 Å². The van der Waals surface area contributed by atoms with E-state index in [0.29, 0.717) is 16.8 Å². The zero-order valence-electron chi connectivity index (χ0n) is 13.0. The molecular formula is C16H18N4O4. The average molecular weight is 330 g/mol. The molecule has 0 aromatic heterocycles. The third-order valence-electron chi connectivity index (χ3n) is 3.64. The number of rotatable bonds is 5. The number of hydroxylamine groups is 2. The summed E-state index contributed by atoms with van der Waals surface area (Å²) in [5.41, 5.74) is 12.1. The van der Waals surface area contributed by atoms with E-state index in [-0.39, 0.29) is 12.1 Å². The summed E-state index contributed by atoms with van der Waals surface area (Å²) >= 11 is 0. The lowest BCUT2D eigenvalue weighted by atomic mass is 9.97. The van der Waals surface area contributed by atoms with Crippen LogP contribution in [0.4, 0.5) is 5.69 Å². The van der Waals surface area contributed by atoms with Gasteiger partial charge in [0.15, 0.2) is 0 Å². The van der Waals surface area contributed by atoms with Crippen LogP contribution in [0.25, 0.3) is 11.1 Å². The van der Waals surface area contributed by atoms with Crippen LogP contribution in [-0.2, 0) is 6.54 Å². The Bertz CT molecular complexity index is 711. The van der Waals surface area contributed by atoms with Crippen LogP contribution in [0.5, 0.6) is 0 Å². The van der Waals surface area contributed by atoms with Gasteiger partial charge in [0.1, 0.15) is 0 Å². The molecule has 0 aliphatic heterocycles. The van der Waals surface area contributed by atoms with E-state index in [1.807, 2.05) is 0 Å². The first-order valence-corrected chi connectivity index (χ1v) is 7.09. The van der Waals surface area contributed by atoms with Crippen LogP contribution >= 0.6 is 0 Å². The van der Waals surface area contributed by atoms with Crippen LogP contribution in [-0.4, -0.2) is 29.3 Å². The van der Waals surface area contributed by atoms with Gasteiger partial charge >= 0.3 is 0 Å². The first kappa shape index (κ1) is 17.4. The predicted octanol–water partition coefficient (Wildman–Crippen LogP) is 1.09. The molecule has 0 fully saturated rings. The highest BCUT2D eigenvalue weighted by Gasteiger charge is 2.14. The van der Waals surface area contributed by atoms with Gasteiger partial charge in [0.05, 0.1) is 5.56 Å². The standard InChI is InChI=1S/C16H18N4O4/c1-18-14-7-10(3-5-13(14)16(22)20-24)9-2-4-12(15(21)19-23)11(6-9)8-17/h2-7,18,23-24H,8,17H2,1H3,(H,19,21)(H,20,22). The smallest absolute Gasteiger partial charge is 0.276 e. The molecule has 8 heteroatoms. The van der Waals surface area contributed by atoms with Crippen LogP contribution in [0.3, 0.4) is 0 Å². The zero-order chi connectivity index (χ0) is 17.7. The first-order chi connectivity index (χ1) is 11.5. The maximum atomic E-state index is 11.6. The maximum Gasteiger partial charge on any atom is 0.276 e. The minimum atomic E-state index is -0.632. The molecule has 126 valence electrons. The number of hydrogen-bond donors (Lipinski definition) is 6. The summed E-state index contributed by atoms with van der Waals surface area (Å²) in [5.74, 6) is -1.25. The molecule has 0 saturated heterocycles. The summed E-state index contributed by atoms with van der Waals surface area (Å²) in [6.07, 6.45) is 0. The summed E-state index contributed by atoms with van der Waals surface area (Å²) in [6, 6.07) is 10.0. The minimum absolute atomic E-state index is 0.125. The molecule has 8 nitrogen and oxygen atoms in total. The van der Waals surface area contributed by atoms with E-state index < -0.39 is 11.8 Å². The summed E-state index contributed by atoms with van der Waals surface area (Å²) in [5, 5.41) is 20.4. The summed E-state index contributed by atoms with van der Waals surface area (Å²) in [6.45, 7) is 0.125. The van der Waals surface area contributed by atoms with Gasteiger partial charge in [-0.05, 0) is 41.0 Å². The van der Waals surface area contributed by atoms with Crippen LogP contribution in [0, 0.1) is 0 Å². The Labute approximate surface area is 138 Å². The van der Waals surface area contributed by atoms with Crippen molar-refractivity contribution in [2.45, 2.75) is 6.54 Å². The molecule has 0 atom stereocenters. The van der Waals surface area contributed by atoms with Gasteiger partial charge in [-0.25, -0.2) is 11.0 Å². The van der Waals surface area contributed by atoms with Crippen molar-refractivity contribution in [1.29, 1.82) is 0 Å². The molecule has 0 aliphatic carbocycles. The monoisotopic (exact) mass is 330 g/mol. The lowest BCUT2D eigenvalue weighted by molar-refractivity contribution is 0.0702. The van der Waals surface area contributed by atoms with Crippen LogP contribution < -0.4 is 22.0 Å². The number of carbonyl (C=O) groups excluding carboxylic acids is 2. The van der Waals surface area contributed by atoms with E-state index in [4.69, 9.17) is 16.1 Å². The van der Waals surface area contributed by atoms with E-state index in [1.165, 1.54) is 0 Å². The predicted molar refractivity (Wildman–Crippen MR) is 87.8 cm³/mol. The molecule has 2 amide bonds. The number of hydrogen-bond acceptors (Lipinski definition) is 6. The summed E-state index contributed by atoms with van der Waals surface area (Å²) < 4.78 is 0. The van der Waals surface area contributed by atoms with E-state index >= 15 is 0 Å². The van der Waals surface area contributed by atoms with Crippen molar-refractivity contribution in [1.82, 2.24) is 11.0 Å². The third-order valence-corrected chi connectivity index (χ3v) is 3.64. The van der Waals surface area contributed by atoms with Gasteiger partial charge in [-0.1, -0.05) is 12.1 Å². The quantitative estimate of drug-likeness (QED) is 0.359. The van der Waals surface area contributed by atoms with Crippen molar-refractivity contribution in [3.63, 3.8) is 0 Å². The van der Waals surface area contributed by atoms with Gasteiger partial charge in [-0.15, -0.1) is 0 Å². The second-order valence-electron chi connectivity index (χ2n) is 4.97. The number of nitrogens with two attached hydrogens (primary N) is 1. The fourth-order valence-electron chi connectivity index (χ4n) is 2.41. The SMILES string of the molecule is CNc1cc(-c2ccc(C(=O)NO)c(CN)c2)ccc1C(=O)NO. The lowest BCUT2D eigenvalue weighted by Gasteiger charge is -2.12. The molecule has 0 aliphatic rings. The number of carbonyl (C=O) groups is 2. The molecule has 0 unspecified atom stereocenters. The van der Waals surface area contributed by atoms with Crippen LogP contribution in [0.2, 0.25) is 0 Å². The minimum Gasteiger partial charge on any atom is -0.387 e. The van der Waals surface area contributed by atoms with Gasteiger partial charge in [-0.3, -0.25) is 20.0 Å². The van der Waals surface area contributed by atoms with Crippen LogP contribution in [0.15, 0.2) is 36.4 Å². The molecule has 2 aromatic carbocycles. The fraction of sp³-hybridized carbons (Fsp3) is 0.125. The van der Waals surface area contributed by atoms with Gasteiger partial charge < -0.3 is 11.1 Å². The van der Waals surface area contributed by atoms with Crippen molar-refractivity contribution in [2.24, 2.45) is 5.73 Å². The van der Waals surface area contributed by atoms with Gasteiger partial charge in [0.2, 0.25) is 0 Å². The summed E-state index contributed by atoms with van der Waals surface area (Å²) in [4.78, 5) is 23.2. The Kier molecular flexibility index (Phi) is 5.48. The highest BCUT2D eigenvalue weighted by molar-refractivity contribution is 6.00. The Hall–Kier alpha value is -2.94. The van der Waals surface area contributed by atoms with E-state index in [0.717, 1.165) is 11.1 Å². The third kappa shape index (κ3) is 3.35. The molecule has 0 spiro atoms. The number of anilines is 1. The van der Waals surface area contributed by atoms with Crippen molar-refractivity contribution < 1.29 is 20.0 Å². The molecule has 24 heavy (non-hydrogen) atoms. The Morgan fingerprint density at radius 2 is 1.50 bits per heavy atom. The van der Waals surface area contributed by atoms with Gasteiger partial charge in [-0.2, -0.15) is 0 Å². The molecule has 0 saturated carbocycles. The second kappa shape index (κ2) is 7.55.